The lowest BCUT2D eigenvalue weighted by molar-refractivity contribution is 0.0735. The van der Waals surface area contributed by atoms with E-state index < -0.39 is 0 Å². The average Bonchev–Trinajstić information content (AvgIpc) is 2.67. The topological polar surface area (TPSA) is 55.3 Å². The van der Waals surface area contributed by atoms with E-state index in [9.17, 15) is 4.79 Å². The standard InChI is InChI=1S/C21H21N3O2/c1-13-14(2)23-20-11-16(5-7-19(20)22-13)21(25)24-9-8-15-10-18(26-3)6-4-17(15)12-24/h4-7,10-11H,8-9,12H2,1-3H3. The van der Waals surface area contributed by atoms with Crippen molar-refractivity contribution in [3.8, 4) is 5.75 Å². The second-order valence-corrected chi connectivity index (χ2v) is 6.71. The van der Waals surface area contributed by atoms with Gasteiger partial charge in [0.1, 0.15) is 5.75 Å². The first kappa shape index (κ1) is 16.5. The fraction of sp³-hybridized carbons (Fsp3) is 0.286. The van der Waals surface area contributed by atoms with Crippen molar-refractivity contribution in [3.05, 3.63) is 64.5 Å². The first-order valence-corrected chi connectivity index (χ1v) is 8.75. The molecule has 4 rings (SSSR count). The predicted octanol–water partition coefficient (Wildman–Crippen LogP) is 3.45. The number of hydrogen-bond acceptors (Lipinski definition) is 4. The number of ether oxygens (including phenoxy) is 1. The van der Waals surface area contributed by atoms with Crippen molar-refractivity contribution in [2.24, 2.45) is 0 Å². The lowest BCUT2D eigenvalue weighted by Crippen LogP contribution is -2.35. The van der Waals surface area contributed by atoms with Gasteiger partial charge in [0.2, 0.25) is 0 Å². The second kappa shape index (κ2) is 6.41. The number of hydrogen-bond donors (Lipinski definition) is 0. The minimum Gasteiger partial charge on any atom is -0.497 e. The number of aryl methyl sites for hydroxylation is 2. The molecule has 0 saturated carbocycles. The quantitative estimate of drug-likeness (QED) is 0.712. The molecule has 5 nitrogen and oxygen atoms in total. The van der Waals surface area contributed by atoms with Crippen LogP contribution in [0.25, 0.3) is 11.0 Å². The Morgan fingerprint density at radius 3 is 2.54 bits per heavy atom. The molecular formula is C21H21N3O2. The number of rotatable bonds is 2. The molecule has 1 amide bonds. The van der Waals surface area contributed by atoms with Gasteiger partial charge in [-0.15, -0.1) is 0 Å². The summed E-state index contributed by atoms with van der Waals surface area (Å²) in [6.45, 7) is 5.21. The highest BCUT2D eigenvalue weighted by atomic mass is 16.5. The Hall–Kier alpha value is -2.95. The summed E-state index contributed by atoms with van der Waals surface area (Å²) in [5.41, 5.74) is 6.48. The molecule has 2 heterocycles. The number of benzene rings is 2. The third-order valence-corrected chi connectivity index (χ3v) is 5.04. The van der Waals surface area contributed by atoms with Gasteiger partial charge in [-0.2, -0.15) is 0 Å². The summed E-state index contributed by atoms with van der Waals surface area (Å²) in [5, 5.41) is 0. The molecule has 2 aromatic carbocycles. The summed E-state index contributed by atoms with van der Waals surface area (Å²) in [7, 11) is 1.67. The molecule has 1 aromatic heterocycles. The maximum Gasteiger partial charge on any atom is 0.254 e. The van der Waals surface area contributed by atoms with Gasteiger partial charge in [0.25, 0.3) is 5.91 Å². The third kappa shape index (κ3) is 2.90. The van der Waals surface area contributed by atoms with Crippen molar-refractivity contribution in [1.29, 1.82) is 0 Å². The van der Waals surface area contributed by atoms with Crippen LogP contribution in [0, 0.1) is 13.8 Å². The molecule has 0 saturated heterocycles. The molecule has 0 atom stereocenters. The van der Waals surface area contributed by atoms with Crippen LogP contribution in [0.2, 0.25) is 0 Å². The molecule has 1 aliphatic rings. The van der Waals surface area contributed by atoms with Gasteiger partial charge < -0.3 is 9.64 Å². The van der Waals surface area contributed by atoms with E-state index in [4.69, 9.17) is 4.74 Å². The molecule has 5 heteroatoms. The predicted molar refractivity (Wildman–Crippen MR) is 100 cm³/mol. The van der Waals surface area contributed by atoms with Crippen molar-refractivity contribution < 1.29 is 9.53 Å². The Bertz CT molecular complexity index is 1010. The van der Waals surface area contributed by atoms with Crippen LogP contribution in [0.4, 0.5) is 0 Å². The highest BCUT2D eigenvalue weighted by Crippen LogP contribution is 2.25. The summed E-state index contributed by atoms with van der Waals surface area (Å²) in [4.78, 5) is 24.0. The molecule has 0 spiro atoms. The summed E-state index contributed by atoms with van der Waals surface area (Å²) in [5.74, 6) is 0.899. The van der Waals surface area contributed by atoms with E-state index in [-0.39, 0.29) is 5.91 Å². The van der Waals surface area contributed by atoms with E-state index in [2.05, 4.69) is 16.0 Å². The number of methoxy groups -OCH3 is 1. The second-order valence-electron chi connectivity index (χ2n) is 6.71. The van der Waals surface area contributed by atoms with Crippen LogP contribution in [0.3, 0.4) is 0 Å². The number of fused-ring (bicyclic) bond motifs is 2. The van der Waals surface area contributed by atoms with E-state index in [0.717, 1.165) is 34.6 Å². The van der Waals surface area contributed by atoms with Gasteiger partial charge in [-0.3, -0.25) is 4.79 Å². The highest BCUT2D eigenvalue weighted by molar-refractivity contribution is 5.97. The molecule has 26 heavy (non-hydrogen) atoms. The van der Waals surface area contributed by atoms with Crippen LogP contribution in [0.15, 0.2) is 36.4 Å². The highest BCUT2D eigenvalue weighted by Gasteiger charge is 2.22. The van der Waals surface area contributed by atoms with Crippen molar-refractivity contribution >= 4 is 16.9 Å². The van der Waals surface area contributed by atoms with E-state index in [1.54, 1.807) is 7.11 Å². The van der Waals surface area contributed by atoms with Crippen LogP contribution < -0.4 is 4.74 Å². The number of nitrogens with zero attached hydrogens (tertiary/aromatic N) is 3. The summed E-state index contributed by atoms with van der Waals surface area (Å²) < 4.78 is 5.29. The van der Waals surface area contributed by atoms with Crippen molar-refractivity contribution in [2.45, 2.75) is 26.8 Å². The lowest BCUT2D eigenvalue weighted by Gasteiger charge is -2.29. The van der Waals surface area contributed by atoms with E-state index >= 15 is 0 Å². The Balaban J connectivity index is 1.61. The minimum absolute atomic E-state index is 0.0356. The van der Waals surface area contributed by atoms with E-state index in [1.807, 2.05) is 49.1 Å². The van der Waals surface area contributed by atoms with Crippen LogP contribution in [-0.2, 0) is 13.0 Å². The molecule has 0 radical (unpaired) electrons. The molecule has 0 N–H and O–H groups in total. The molecule has 0 fully saturated rings. The average molecular weight is 347 g/mol. The molecule has 132 valence electrons. The van der Waals surface area contributed by atoms with Gasteiger partial charge in [0, 0.05) is 18.7 Å². The molecular weight excluding hydrogens is 326 g/mol. The smallest absolute Gasteiger partial charge is 0.254 e. The lowest BCUT2D eigenvalue weighted by atomic mass is 9.98. The zero-order valence-electron chi connectivity index (χ0n) is 15.2. The van der Waals surface area contributed by atoms with Crippen LogP contribution in [0.5, 0.6) is 5.75 Å². The largest absolute Gasteiger partial charge is 0.497 e. The third-order valence-electron chi connectivity index (χ3n) is 5.04. The van der Waals surface area contributed by atoms with Gasteiger partial charge in [0.05, 0.1) is 29.5 Å². The Morgan fingerprint density at radius 1 is 1.00 bits per heavy atom. The maximum absolute atomic E-state index is 13.0. The Labute approximate surface area is 152 Å². The maximum atomic E-state index is 13.0. The van der Waals surface area contributed by atoms with Crippen molar-refractivity contribution in [3.63, 3.8) is 0 Å². The van der Waals surface area contributed by atoms with Gasteiger partial charge >= 0.3 is 0 Å². The van der Waals surface area contributed by atoms with Crippen molar-refractivity contribution in [2.75, 3.05) is 13.7 Å². The van der Waals surface area contributed by atoms with E-state index in [0.29, 0.717) is 18.7 Å². The molecule has 0 bridgehead atoms. The molecule has 0 unspecified atom stereocenters. The zero-order chi connectivity index (χ0) is 18.3. The monoisotopic (exact) mass is 347 g/mol. The minimum atomic E-state index is 0.0356. The van der Waals surface area contributed by atoms with Gasteiger partial charge in [0.15, 0.2) is 0 Å². The molecule has 3 aromatic rings. The SMILES string of the molecule is COc1ccc2c(c1)CCN(C(=O)c1ccc3nc(C)c(C)nc3c1)C2. The van der Waals surface area contributed by atoms with Gasteiger partial charge in [-0.1, -0.05) is 6.07 Å². The van der Waals surface area contributed by atoms with Gasteiger partial charge in [-0.25, -0.2) is 9.97 Å². The van der Waals surface area contributed by atoms with Gasteiger partial charge in [-0.05, 0) is 61.7 Å². The van der Waals surface area contributed by atoms with Crippen molar-refractivity contribution in [1.82, 2.24) is 14.9 Å². The number of carbonyl (C=O) groups excluding carboxylic acids is 1. The zero-order valence-corrected chi connectivity index (χ0v) is 15.2. The molecule has 0 aliphatic carbocycles. The van der Waals surface area contributed by atoms with Crippen LogP contribution >= 0.6 is 0 Å². The normalized spacial score (nSPS) is 13.6. The Kier molecular flexibility index (Phi) is 4.07. The molecule has 1 aliphatic heterocycles. The Morgan fingerprint density at radius 2 is 1.77 bits per heavy atom. The summed E-state index contributed by atoms with van der Waals surface area (Å²) in [6, 6.07) is 11.6. The fourth-order valence-corrected chi connectivity index (χ4v) is 3.38. The number of amides is 1. The number of aromatic nitrogens is 2. The van der Waals surface area contributed by atoms with Crippen LogP contribution in [0.1, 0.15) is 32.9 Å². The van der Waals surface area contributed by atoms with E-state index in [1.165, 1.54) is 11.1 Å². The first-order valence-electron chi connectivity index (χ1n) is 8.75. The summed E-state index contributed by atoms with van der Waals surface area (Å²) in [6.07, 6.45) is 0.837. The number of carbonyl (C=O) groups is 1. The van der Waals surface area contributed by atoms with Crippen LogP contribution in [-0.4, -0.2) is 34.4 Å². The first-order chi connectivity index (χ1) is 12.5. The summed E-state index contributed by atoms with van der Waals surface area (Å²) >= 11 is 0. The fourth-order valence-electron chi connectivity index (χ4n) is 3.38.